The Kier molecular flexibility index (Phi) is 3.33. The third-order valence-electron chi connectivity index (χ3n) is 3.57. The lowest BCUT2D eigenvalue weighted by molar-refractivity contribution is 0.601. The van der Waals surface area contributed by atoms with Crippen LogP contribution in [-0.4, -0.2) is 19.9 Å². The topological polar surface area (TPSA) is 71.1 Å². The third kappa shape index (κ3) is 2.71. The summed E-state index contributed by atoms with van der Waals surface area (Å²) in [7, 11) is -3.59. The molecule has 3 rings (SSSR count). The molecule has 0 saturated carbocycles. The summed E-state index contributed by atoms with van der Waals surface area (Å²) in [5.41, 5.74) is 4.10. The SMILES string of the molecule is Cc1ccc(NS(=O)(=O)c2ccc3c(c2)CCN3)c(C)n1. The van der Waals surface area contributed by atoms with Gasteiger partial charge in [-0.05, 0) is 56.2 Å². The van der Waals surface area contributed by atoms with E-state index in [9.17, 15) is 8.42 Å². The Morgan fingerprint density at radius 2 is 2.00 bits per heavy atom. The van der Waals surface area contributed by atoms with Crippen LogP contribution in [0.3, 0.4) is 0 Å². The average molecular weight is 303 g/mol. The number of nitrogens with zero attached hydrogens (tertiary/aromatic N) is 1. The van der Waals surface area contributed by atoms with E-state index in [0.717, 1.165) is 29.9 Å². The summed E-state index contributed by atoms with van der Waals surface area (Å²) >= 11 is 0. The van der Waals surface area contributed by atoms with Crippen LogP contribution in [0.4, 0.5) is 11.4 Å². The molecule has 2 aromatic rings. The van der Waals surface area contributed by atoms with Gasteiger partial charge in [-0.15, -0.1) is 0 Å². The van der Waals surface area contributed by atoms with Crippen LogP contribution in [0.5, 0.6) is 0 Å². The Morgan fingerprint density at radius 3 is 2.76 bits per heavy atom. The van der Waals surface area contributed by atoms with Crippen LogP contribution in [0.25, 0.3) is 0 Å². The van der Waals surface area contributed by atoms with Crippen molar-refractivity contribution in [3.63, 3.8) is 0 Å². The highest BCUT2D eigenvalue weighted by molar-refractivity contribution is 7.92. The van der Waals surface area contributed by atoms with Crippen LogP contribution in [-0.2, 0) is 16.4 Å². The van der Waals surface area contributed by atoms with E-state index < -0.39 is 10.0 Å². The van der Waals surface area contributed by atoms with Gasteiger partial charge in [0.1, 0.15) is 0 Å². The van der Waals surface area contributed by atoms with Crippen molar-refractivity contribution in [1.29, 1.82) is 0 Å². The molecule has 2 N–H and O–H groups in total. The number of aryl methyl sites for hydroxylation is 2. The van der Waals surface area contributed by atoms with Crippen molar-refractivity contribution in [1.82, 2.24) is 4.98 Å². The quantitative estimate of drug-likeness (QED) is 0.914. The van der Waals surface area contributed by atoms with Crippen molar-refractivity contribution in [2.45, 2.75) is 25.2 Å². The summed E-state index contributed by atoms with van der Waals surface area (Å²) < 4.78 is 27.6. The molecular weight excluding hydrogens is 286 g/mol. The first kappa shape index (κ1) is 13.9. The van der Waals surface area contributed by atoms with E-state index in [-0.39, 0.29) is 4.90 Å². The zero-order chi connectivity index (χ0) is 15.0. The van der Waals surface area contributed by atoms with Gasteiger partial charge in [0.05, 0.1) is 16.3 Å². The predicted molar refractivity (Wildman–Crippen MR) is 83.2 cm³/mol. The maximum absolute atomic E-state index is 12.5. The van der Waals surface area contributed by atoms with Crippen LogP contribution < -0.4 is 10.0 Å². The highest BCUT2D eigenvalue weighted by atomic mass is 32.2. The van der Waals surface area contributed by atoms with Gasteiger partial charge >= 0.3 is 0 Å². The number of rotatable bonds is 3. The Labute approximate surface area is 124 Å². The number of hydrogen-bond acceptors (Lipinski definition) is 4. The van der Waals surface area contributed by atoms with Crippen molar-refractivity contribution in [3.8, 4) is 0 Å². The van der Waals surface area contributed by atoms with E-state index in [2.05, 4.69) is 15.0 Å². The maximum atomic E-state index is 12.5. The van der Waals surface area contributed by atoms with Crippen LogP contribution in [0, 0.1) is 13.8 Å². The van der Waals surface area contributed by atoms with Gasteiger partial charge in [-0.1, -0.05) is 0 Å². The van der Waals surface area contributed by atoms with Crippen LogP contribution in [0.2, 0.25) is 0 Å². The summed E-state index contributed by atoms with van der Waals surface area (Å²) in [4.78, 5) is 4.55. The Morgan fingerprint density at radius 1 is 1.19 bits per heavy atom. The Balaban J connectivity index is 1.93. The first-order chi connectivity index (χ1) is 9.95. The molecule has 110 valence electrons. The molecule has 0 bridgehead atoms. The standard InChI is InChI=1S/C15H17N3O2S/c1-10-3-5-14(11(2)17-10)18-21(19,20)13-4-6-15-12(9-13)7-8-16-15/h3-6,9,16,18H,7-8H2,1-2H3. The van der Waals surface area contributed by atoms with E-state index in [1.165, 1.54) is 0 Å². The first-order valence-corrected chi connectivity index (χ1v) is 8.28. The van der Waals surface area contributed by atoms with Gasteiger partial charge in [0, 0.05) is 17.9 Å². The summed E-state index contributed by atoms with van der Waals surface area (Å²) in [5, 5.41) is 3.22. The maximum Gasteiger partial charge on any atom is 0.261 e. The number of benzene rings is 1. The molecule has 1 aliphatic rings. The smallest absolute Gasteiger partial charge is 0.261 e. The summed E-state index contributed by atoms with van der Waals surface area (Å²) in [6, 6.07) is 8.70. The lowest BCUT2D eigenvalue weighted by Gasteiger charge is -2.11. The van der Waals surface area contributed by atoms with Crippen molar-refractivity contribution in [2.75, 3.05) is 16.6 Å². The fraction of sp³-hybridized carbons (Fsp3) is 0.267. The summed E-state index contributed by atoms with van der Waals surface area (Å²) in [6.07, 6.45) is 0.851. The van der Waals surface area contributed by atoms with Crippen LogP contribution in [0.15, 0.2) is 35.2 Å². The Hall–Kier alpha value is -2.08. The highest BCUT2D eigenvalue weighted by Crippen LogP contribution is 2.26. The molecule has 0 saturated heterocycles. The zero-order valence-electron chi connectivity index (χ0n) is 12.0. The minimum absolute atomic E-state index is 0.282. The van der Waals surface area contributed by atoms with Crippen LogP contribution >= 0.6 is 0 Å². The molecule has 21 heavy (non-hydrogen) atoms. The monoisotopic (exact) mass is 303 g/mol. The molecule has 1 aromatic carbocycles. The number of sulfonamides is 1. The molecule has 5 nitrogen and oxygen atoms in total. The number of fused-ring (bicyclic) bond motifs is 1. The number of nitrogens with one attached hydrogen (secondary N) is 2. The van der Waals surface area contributed by atoms with Gasteiger partial charge in [0.15, 0.2) is 0 Å². The van der Waals surface area contributed by atoms with E-state index in [0.29, 0.717) is 11.4 Å². The predicted octanol–water partition coefficient (Wildman–Crippen LogP) is 2.47. The minimum Gasteiger partial charge on any atom is -0.384 e. The lowest BCUT2D eigenvalue weighted by Crippen LogP contribution is -2.14. The second-order valence-corrected chi connectivity index (χ2v) is 6.87. The van der Waals surface area contributed by atoms with Gasteiger partial charge in [0.25, 0.3) is 10.0 Å². The molecule has 2 heterocycles. The molecule has 0 aliphatic carbocycles. The second kappa shape index (κ2) is 5.04. The lowest BCUT2D eigenvalue weighted by atomic mass is 10.2. The van der Waals surface area contributed by atoms with Crippen LogP contribution in [0.1, 0.15) is 17.0 Å². The molecule has 0 amide bonds. The van der Waals surface area contributed by atoms with Gasteiger partial charge in [-0.25, -0.2) is 8.42 Å². The van der Waals surface area contributed by atoms with E-state index >= 15 is 0 Å². The summed E-state index contributed by atoms with van der Waals surface area (Å²) in [6.45, 7) is 4.52. The Bertz CT molecular complexity index is 801. The zero-order valence-corrected chi connectivity index (χ0v) is 12.8. The molecule has 1 aliphatic heterocycles. The third-order valence-corrected chi connectivity index (χ3v) is 4.93. The average Bonchev–Trinajstić information content (AvgIpc) is 2.89. The fourth-order valence-electron chi connectivity index (χ4n) is 2.45. The van der Waals surface area contributed by atoms with Gasteiger partial charge in [-0.2, -0.15) is 0 Å². The molecule has 0 spiro atoms. The molecular formula is C15H17N3O2S. The molecule has 0 fully saturated rings. The van der Waals surface area contributed by atoms with Gasteiger partial charge in [-0.3, -0.25) is 9.71 Å². The van der Waals surface area contributed by atoms with Crippen molar-refractivity contribution in [2.24, 2.45) is 0 Å². The highest BCUT2D eigenvalue weighted by Gasteiger charge is 2.19. The van der Waals surface area contributed by atoms with Crippen molar-refractivity contribution >= 4 is 21.4 Å². The molecule has 0 unspecified atom stereocenters. The largest absolute Gasteiger partial charge is 0.384 e. The van der Waals surface area contributed by atoms with E-state index in [4.69, 9.17) is 0 Å². The number of hydrogen-bond donors (Lipinski definition) is 2. The van der Waals surface area contributed by atoms with Crippen molar-refractivity contribution < 1.29 is 8.42 Å². The molecule has 1 aromatic heterocycles. The van der Waals surface area contributed by atoms with Gasteiger partial charge in [0.2, 0.25) is 0 Å². The normalized spacial score (nSPS) is 13.6. The fourth-order valence-corrected chi connectivity index (χ4v) is 3.61. The molecule has 6 heteroatoms. The number of pyridine rings is 1. The van der Waals surface area contributed by atoms with Crippen molar-refractivity contribution in [3.05, 3.63) is 47.3 Å². The second-order valence-electron chi connectivity index (χ2n) is 5.19. The molecule has 0 atom stereocenters. The van der Waals surface area contributed by atoms with E-state index in [1.807, 2.05) is 13.0 Å². The molecule has 0 radical (unpaired) electrons. The van der Waals surface area contributed by atoms with Gasteiger partial charge < -0.3 is 5.32 Å². The summed E-state index contributed by atoms with van der Waals surface area (Å²) in [5.74, 6) is 0. The first-order valence-electron chi connectivity index (χ1n) is 6.79. The number of aromatic nitrogens is 1. The minimum atomic E-state index is -3.59. The van der Waals surface area contributed by atoms with E-state index in [1.54, 1.807) is 31.2 Å². The number of anilines is 2.